The molecule has 47 heavy (non-hydrogen) atoms. The summed E-state index contributed by atoms with van der Waals surface area (Å²) in [6.07, 6.45) is 43.3. The number of hydrogen-bond donors (Lipinski definition) is 1. The first-order chi connectivity index (χ1) is 22.7. The van der Waals surface area contributed by atoms with Gasteiger partial charge in [0.15, 0.2) is 0 Å². The first-order valence-corrected chi connectivity index (χ1v) is 22.0. The van der Waals surface area contributed by atoms with Gasteiger partial charge in [-0.3, -0.25) is 4.79 Å². The SMILES string of the molecule is CCCCCCCCCCCCC(C(=O)OCC(C)(C)C)C(S)(CCCCCCCCCCCC)CCCCCCCCCCCC. The van der Waals surface area contributed by atoms with Crippen molar-refractivity contribution in [2.45, 2.75) is 258 Å². The van der Waals surface area contributed by atoms with E-state index < -0.39 is 0 Å². The molecule has 0 saturated carbocycles. The predicted molar refractivity (Wildman–Crippen MR) is 215 cm³/mol. The Labute approximate surface area is 303 Å². The van der Waals surface area contributed by atoms with Crippen molar-refractivity contribution in [3.63, 3.8) is 0 Å². The van der Waals surface area contributed by atoms with E-state index in [1.54, 1.807) is 0 Å². The molecule has 0 aliphatic carbocycles. The fraction of sp³-hybridized carbons (Fsp3) is 0.977. The van der Waals surface area contributed by atoms with Crippen molar-refractivity contribution in [2.24, 2.45) is 11.3 Å². The summed E-state index contributed by atoms with van der Waals surface area (Å²) in [7, 11) is 0. The summed E-state index contributed by atoms with van der Waals surface area (Å²) in [4.78, 5) is 13.8. The summed E-state index contributed by atoms with van der Waals surface area (Å²) >= 11 is 5.50. The van der Waals surface area contributed by atoms with Gasteiger partial charge in [0.05, 0.1) is 12.5 Å². The lowest BCUT2D eigenvalue weighted by molar-refractivity contribution is -0.153. The summed E-state index contributed by atoms with van der Waals surface area (Å²) in [5, 5.41) is 0. The van der Waals surface area contributed by atoms with E-state index in [1.807, 2.05) is 0 Å². The molecular formula is C44H88O2S. The van der Waals surface area contributed by atoms with Crippen LogP contribution in [-0.4, -0.2) is 17.3 Å². The zero-order chi connectivity index (χ0) is 34.9. The summed E-state index contributed by atoms with van der Waals surface area (Å²) in [5.41, 5.74) is -0.0102. The van der Waals surface area contributed by atoms with Gasteiger partial charge in [-0.2, -0.15) is 12.6 Å². The third kappa shape index (κ3) is 30.4. The number of ether oxygens (including phenoxy) is 1. The van der Waals surface area contributed by atoms with Gasteiger partial charge >= 0.3 is 5.97 Å². The molecule has 0 aromatic carbocycles. The van der Waals surface area contributed by atoms with E-state index in [1.165, 1.54) is 186 Å². The van der Waals surface area contributed by atoms with Crippen molar-refractivity contribution in [2.75, 3.05) is 6.61 Å². The lowest BCUT2D eigenvalue weighted by Crippen LogP contribution is -2.40. The average Bonchev–Trinajstić information content (AvgIpc) is 3.04. The van der Waals surface area contributed by atoms with Crippen molar-refractivity contribution in [3.8, 4) is 0 Å². The predicted octanol–water partition coefficient (Wildman–Crippen LogP) is 15.8. The molecule has 0 aromatic rings. The monoisotopic (exact) mass is 681 g/mol. The zero-order valence-electron chi connectivity index (χ0n) is 33.4. The van der Waals surface area contributed by atoms with Gasteiger partial charge in [0.1, 0.15) is 0 Å². The van der Waals surface area contributed by atoms with Gasteiger partial charge in [0.25, 0.3) is 0 Å². The number of rotatable bonds is 36. The molecule has 0 aliphatic rings. The molecule has 2 nitrogen and oxygen atoms in total. The number of unbranched alkanes of at least 4 members (excludes halogenated alkanes) is 27. The number of hydrogen-bond acceptors (Lipinski definition) is 3. The van der Waals surface area contributed by atoms with E-state index >= 15 is 0 Å². The second-order valence-corrected chi connectivity index (χ2v) is 17.5. The maximum Gasteiger partial charge on any atom is 0.310 e. The van der Waals surface area contributed by atoms with Gasteiger partial charge in [-0.25, -0.2) is 0 Å². The van der Waals surface area contributed by atoms with Gasteiger partial charge in [0.2, 0.25) is 0 Å². The molecule has 282 valence electrons. The molecule has 0 rings (SSSR count). The van der Waals surface area contributed by atoms with Crippen LogP contribution >= 0.6 is 12.6 Å². The highest BCUT2D eigenvalue weighted by Crippen LogP contribution is 2.40. The molecule has 0 saturated heterocycles. The largest absolute Gasteiger partial charge is 0.465 e. The van der Waals surface area contributed by atoms with E-state index in [-0.39, 0.29) is 22.0 Å². The maximum atomic E-state index is 13.8. The fourth-order valence-electron chi connectivity index (χ4n) is 7.14. The molecule has 0 spiro atoms. The summed E-state index contributed by atoms with van der Waals surface area (Å²) in [6.45, 7) is 13.9. The number of esters is 1. The van der Waals surface area contributed by atoms with E-state index in [2.05, 4.69) is 41.5 Å². The van der Waals surface area contributed by atoms with Crippen molar-refractivity contribution in [1.82, 2.24) is 0 Å². The van der Waals surface area contributed by atoms with Gasteiger partial charge in [-0.1, -0.05) is 234 Å². The Kier molecular flexibility index (Phi) is 32.9. The normalized spacial score (nSPS) is 12.9. The molecule has 1 unspecified atom stereocenters. The second kappa shape index (κ2) is 33.0. The summed E-state index contributed by atoms with van der Waals surface area (Å²) in [5.74, 6) is -0.0515. The Bertz CT molecular complexity index is 630. The highest BCUT2D eigenvalue weighted by Gasteiger charge is 2.40. The Balaban J connectivity index is 5.10. The minimum atomic E-state index is -0.242. The van der Waals surface area contributed by atoms with Crippen molar-refractivity contribution in [3.05, 3.63) is 0 Å². The third-order valence-electron chi connectivity index (χ3n) is 10.4. The Morgan fingerprint density at radius 3 is 1.04 bits per heavy atom. The van der Waals surface area contributed by atoms with Gasteiger partial charge in [-0.15, -0.1) is 0 Å². The Hall–Kier alpha value is -0.180. The minimum absolute atomic E-state index is 0.0102. The van der Waals surface area contributed by atoms with Crippen LogP contribution in [0.2, 0.25) is 0 Å². The van der Waals surface area contributed by atoms with Crippen LogP contribution in [-0.2, 0) is 9.53 Å². The Morgan fingerprint density at radius 2 is 0.745 bits per heavy atom. The average molecular weight is 681 g/mol. The first-order valence-electron chi connectivity index (χ1n) is 21.6. The van der Waals surface area contributed by atoms with Crippen LogP contribution in [0.5, 0.6) is 0 Å². The van der Waals surface area contributed by atoms with Crippen LogP contribution in [0.25, 0.3) is 0 Å². The van der Waals surface area contributed by atoms with E-state index in [0.29, 0.717) is 6.61 Å². The molecule has 0 aromatic heterocycles. The molecule has 1 atom stereocenters. The highest BCUT2D eigenvalue weighted by atomic mass is 32.1. The minimum Gasteiger partial charge on any atom is -0.465 e. The number of thiol groups is 1. The maximum absolute atomic E-state index is 13.8. The molecule has 0 aliphatic heterocycles. The van der Waals surface area contributed by atoms with Crippen LogP contribution in [0.3, 0.4) is 0 Å². The first kappa shape index (κ1) is 46.8. The summed E-state index contributed by atoms with van der Waals surface area (Å²) < 4.78 is 5.83. The number of carbonyl (C=O) groups is 1. The van der Waals surface area contributed by atoms with Crippen LogP contribution < -0.4 is 0 Å². The lowest BCUT2D eigenvalue weighted by atomic mass is 9.79. The van der Waals surface area contributed by atoms with E-state index in [4.69, 9.17) is 17.4 Å². The topological polar surface area (TPSA) is 26.3 Å². The molecule has 0 radical (unpaired) electrons. The van der Waals surface area contributed by atoms with Crippen LogP contribution in [0, 0.1) is 11.3 Å². The van der Waals surface area contributed by atoms with Crippen LogP contribution in [0.1, 0.15) is 253 Å². The molecule has 0 heterocycles. The second-order valence-electron chi connectivity index (χ2n) is 16.7. The fourth-order valence-corrected chi connectivity index (χ4v) is 7.69. The molecule has 3 heteroatoms. The van der Waals surface area contributed by atoms with E-state index in [0.717, 1.165) is 25.7 Å². The molecule has 0 N–H and O–H groups in total. The molecule has 0 amide bonds. The van der Waals surface area contributed by atoms with Crippen LogP contribution in [0.15, 0.2) is 0 Å². The van der Waals surface area contributed by atoms with Gasteiger partial charge in [0, 0.05) is 4.75 Å². The van der Waals surface area contributed by atoms with E-state index in [9.17, 15) is 4.79 Å². The molecule has 0 bridgehead atoms. The zero-order valence-corrected chi connectivity index (χ0v) is 34.3. The van der Waals surface area contributed by atoms with Crippen molar-refractivity contribution in [1.29, 1.82) is 0 Å². The highest BCUT2D eigenvalue weighted by molar-refractivity contribution is 7.81. The quantitative estimate of drug-likeness (QED) is 0.0405. The summed E-state index contributed by atoms with van der Waals surface area (Å²) in [6, 6.07) is 0. The van der Waals surface area contributed by atoms with Gasteiger partial charge in [-0.05, 0) is 24.7 Å². The smallest absolute Gasteiger partial charge is 0.310 e. The van der Waals surface area contributed by atoms with Gasteiger partial charge < -0.3 is 4.74 Å². The Morgan fingerprint density at radius 1 is 0.468 bits per heavy atom. The van der Waals surface area contributed by atoms with Crippen molar-refractivity contribution < 1.29 is 9.53 Å². The standard InChI is InChI=1S/C44H88O2S/c1-7-10-13-16-19-22-25-28-31-34-37-41(42(45)46-40-43(4,5)6)44(47,38-35-32-29-26-23-20-17-14-11-8-2)39-36-33-30-27-24-21-18-15-12-9-3/h41,47H,7-40H2,1-6H3. The van der Waals surface area contributed by atoms with Crippen LogP contribution in [0.4, 0.5) is 0 Å². The number of carbonyl (C=O) groups excluding carboxylic acids is 1. The van der Waals surface area contributed by atoms with Crippen molar-refractivity contribution >= 4 is 18.6 Å². The third-order valence-corrected chi connectivity index (χ3v) is 11.1. The molecule has 0 fully saturated rings. The molecular weight excluding hydrogens is 593 g/mol. The lowest BCUT2D eigenvalue weighted by Gasteiger charge is -2.36.